The van der Waals surface area contributed by atoms with Crippen LogP contribution in [0.25, 0.3) is 0 Å². The maximum absolute atomic E-state index is 12.2. The molecule has 4 heteroatoms. The van der Waals surface area contributed by atoms with Crippen LogP contribution in [0, 0.1) is 5.41 Å². The molecule has 0 heterocycles. The number of Topliss-reactive ketones (excluding diaryl/α,β-unsaturated/α-hetero) is 1. The minimum atomic E-state index is -0.660. The van der Waals surface area contributed by atoms with Crippen LogP contribution in [0.15, 0.2) is 22.8 Å². The van der Waals surface area contributed by atoms with Crippen molar-refractivity contribution in [3.05, 3.63) is 22.8 Å². The van der Waals surface area contributed by atoms with Crippen molar-refractivity contribution in [1.29, 1.82) is 0 Å². The number of hydrogen-bond acceptors (Lipinski definition) is 3. The van der Waals surface area contributed by atoms with Gasteiger partial charge in [0.25, 0.3) is 0 Å². The van der Waals surface area contributed by atoms with E-state index < -0.39 is 5.41 Å². The van der Waals surface area contributed by atoms with Gasteiger partial charge in [-0.05, 0) is 33.8 Å². The van der Waals surface area contributed by atoms with E-state index >= 15 is 0 Å². The van der Waals surface area contributed by atoms with Crippen LogP contribution in [0.5, 0.6) is 0 Å². The highest BCUT2D eigenvalue weighted by molar-refractivity contribution is 6.22. The number of nitrogens with one attached hydrogen (secondary N) is 1. The Hall–Kier alpha value is -1.71. The number of amides is 1. The summed E-state index contributed by atoms with van der Waals surface area (Å²) in [4.78, 5) is 36.1. The van der Waals surface area contributed by atoms with Gasteiger partial charge in [0.05, 0.1) is 0 Å². The molecule has 4 nitrogen and oxygen atoms in total. The van der Waals surface area contributed by atoms with E-state index in [0.29, 0.717) is 16.7 Å². The van der Waals surface area contributed by atoms with E-state index in [9.17, 15) is 14.4 Å². The van der Waals surface area contributed by atoms with E-state index in [-0.39, 0.29) is 29.9 Å². The van der Waals surface area contributed by atoms with Gasteiger partial charge in [-0.3, -0.25) is 14.4 Å². The first-order chi connectivity index (χ1) is 9.06. The molecule has 0 radical (unpaired) electrons. The predicted molar refractivity (Wildman–Crippen MR) is 78.1 cm³/mol. The first-order valence-corrected chi connectivity index (χ1v) is 6.84. The lowest BCUT2D eigenvalue weighted by Gasteiger charge is -2.30. The molecule has 110 valence electrons. The molecule has 0 unspecified atom stereocenters. The van der Waals surface area contributed by atoms with Gasteiger partial charge in [-0.25, -0.2) is 0 Å². The SMILES string of the molecule is CC1=CC(=O)C(C(C)(C)CC(=O)NC(C)C)=C(C)C1=O. The number of hydrogen-bond donors (Lipinski definition) is 1. The molecular weight excluding hydrogens is 254 g/mol. The fourth-order valence-corrected chi connectivity index (χ4v) is 2.63. The van der Waals surface area contributed by atoms with Crippen LogP contribution in [0.3, 0.4) is 0 Å². The molecule has 0 aromatic heterocycles. The van der Waals surface area contributed by atoms with E-state index in [2.05, 4.69) is 5.32 Å². The molecular formula is C16H23NO3. The Bertz CT molecular complexity index is 522. The van der Waals surface area contributed by atoms with Crippen molar-refractivity contribution in [2.24, 2.45) is 5.41 Å². The van der Waals surface area contributed by atoms with Crippen LogP contribution >= 0.6 is 0 Å². The molecule has 1 rings (SSSR count). The second-order valence-electron chi connectivity index (χ2n) is 6.30. The largest absolute Gasteiger partial charge is 0.354 e. The Morgan fingerprint density at radius 2 is 1.80 bits per heavy atom. The molecule has 1 aliphatic carbocycles. The molecule has 0 saturated carbocycles. The van der Waals surface area contributed by atoms with Crippen LogP contribution in [0.2, 0.25) is 0 Å². The Labute approximate surface area is 120 Å². The van der Waals surface area contributed by atoms with E-state index in [1.54, 1.807) is 13.8 Å². The molecule has 0 aromatic rings. The van der Waals surface area contributed by atoms with E-state index in [4.69, 9.17) is 0 Å². The van der Waals surface area contributed by atoms with Gasteiger partial charge in [0.15, 0.2) is 11.6 Å². The average molecular weight is 277 g/mol. The highest BCUT2D eigenvalue weighted by Gasteiger charge is 2.36. The second-order valence-corrected chi connectivity index (χ2v) is 6.30. The quantitative estimate of drug-likeness (QED) is 0.802. The van der Waals surface area contributed by atoms with Crippen molar-refractivity contribution in [3.63, 3.8) is 0 Å². The number of rotatable bonds is 4. The summed E-state index contributed by atoms with van der Waals surface area (Å²) >= 11 is 0. The van der Waals surface area contributed by atoms with Crippen LogP contribution in [0.4, 0.5) is 0 Å². The van der Waals surface area contributed by atoms with Crippen molar-refractivity contribution in [2.75, 3.05) is 0 Å². The average Bonchev–Trinajstić information content (AvgIpc) is 2.23. The van der Waals surface area contributed by atoms with E-state index in [1.165, 1.54) is 6.08 Å². The van der Waals surface area contributed by atoms with Crippen molar-refractivity contribution in [3.8, 4) is 0 Å². The van der Waals surface area contributed by atoms with Crippen molar-refractivity contribution in [2.45, 2.75) is 54.0 Å². The molecule has 20 heavy (non-hydrogen) atoms. The zero-order valence-electron chi connectivity index (χ0n) is 13.1. The molecule has 0 spiro atoms. The van der Waals surface area contributed by atoms with Crippen molar-refractivity contribution >= 4 is 17.5 Å². The first kappa shape index (κ1) is 16.3. The second kappa shape index (κ2) is 5.73. The molecule has 0 aromatic carbocycles. The smallest absolute Gasteiger partial charge is 0.221 e. The van der Waals surface area contributed by atoms with Crippen molar-refractivity contribution < 1.29 is 14.4 Å². The maximum Gasteiger partial charge on any atom is 0.221 e. The number of ketones is 2. The van der Waals surface area contributed by atoms with Crippen LogP contribution in [0.1, 0.15) is 48.0 Å². The molecule has 1 aliphatic rings. The maximum atomic E-state index is 12.2. The van der Waals surface area contributed by atoms with Crippen molar-refractivity contribution in [1.82, 2.24) is 5.32 Å². The highest BCUT2D eigenvalue weighted by atomic mass is 16.2. The number of carbonyl (C=O) groups excluding carboxylic acids is 3. The number of allylic oxidation sites excluding steroid dienone is 4. The Balaban J connectivity index is 3.06. The molecule has 0 atom stereocenters. The molecule has 0 fully saturated rings. The van der Waals surface area contributed by atoms with Gasteiger partial charge in [-0.2, -0.15) is 0 Å². The van der Waals surface area contributed by atoms with Gasteiger partial charge in [0.1, 0.15) is 0 Å². The summed E-state index contributed by atoms with van der Waals surface area (Å²) in [5.74, 6) is -0.393. The predicted octanol–water partition coefficient (Wildman–Crippen LogP) is 2.34. The topological polar surface area (TPSA) is 63.2 Å². The van der Waals surface area contributed by atoms with Gasteiger partial charge in [-0.1, -0.05) is 13.8 Å². The lowest BCUT2D eigenvalue weighted by molar-refractivity contribution is -0.123. The molecule has 0 aliphatic heterocycles. The standard InChI is InChI=1S/C16H23NO3/c1-9(2)17-13(19)8-16(5,6)14-11(4)15(20)10(3)7-12(14)18/h7,9H,8H2,1-6H3,(H,17,19). The Morgan fingerprint density at radius 1 is 1.25 bits per heavy atom. The van der Waals surface area contributed by atoms with E-state index in [0.717, 1.165) is 0 Å². The Morgan fingerprint density at radius 3 is 2.30 bits per heavy atom. The lowest BCUT2D eigenvalue weighted by atomic mass is 9.73. The van der Waals surface area contributed by atoms with Gasteiger partial charge >= 0.3 is 0 Å². The third-order valence-electron chi connectivity index (χ3n) is 3.40. The molecule has 0 saturated heterocycles. The fourth-order valence-electron chi connectivity index (χ4n) is 2.63. The molecule has 1 amide bonds. The number of carbonyl (C=O) groups is 3. The van der Waals surface area contributed by atoms with Crippen LogP contribution in [-0.2, 0) is 14.4 Å². The van der Waals surface area contributed by atoms with Gasteiger partial charge in [-0.15, -0.1) is 0 Å². The summed E-state index contributed by atoms with van der Waals surface area (Å²) < 4.78 is 0. The van der Waals surface area contributed by atoms with Crippen LogP contribution in [-0.4, -0.2) is 23.5 Å². The summed E-state index contributed by atoms with van der Waals surface area (Å²) in [5.41, 5.74) is 0.704. The fraction of sp³-hybridized carbons (Fsp3) is 0.562. The van der Waals surface area contributed by atoms with E-state index in [1.807, 2.05) is 27.7 Å². The van der Waals surface area contributed by atoms with Crippen LogP contribution < -0.4 is 5.32 Å². The summed E-state index contributed by atoms with van der Waals surface area (Å²) in [6.07, 6.45) is 1.55. The first-order valence-electron chi connectivity index (χ1n) is 6.84. The highest BCUT2D eigenvalue weighted by Crippen LogP contribution is 2.36. The normalized spacial score (nSPS) is 16.6. The third-order valence-corrected chi connectivity index (χ3v) is 3.40. The summed E-state index contributed by atoms with van der Waals surface area (Å²) in [5, 5.41) is 2.81. The van der Waals surface area contributed by atoms with Gasteiger partial charge in [0, 0.05) is 34.6 Å². The summed E-state index contributed by atoms with van der Waals surface area (Å²) in [6.45, 7) is 10.7. The third kappa shape index (κ3) is 3.44. The zero-order valence-corrected chi connectivity index (χ0v) is 13.1. The zero-order chi connectivity index (χ0) is 15.7. The van der Waals surface area contributed by atoms with Gasteiger partial charge in [0.2, 0.25) is 5.91 Å². The Kier molecular flexibility index (Phi) is 4.69. The summed E-state index contributed by atoms with van der Waals surface area (Å²) in [7, 11) is 0. The van der Waals surface area contributed by atoms with Gasteiger partial charge < -0.3 is 5.32 Å². The minimum Gasteiger partial charge on any atom is -0.354 e. The molecule has 1 N–H and O–H groups in total. The molecule has 0 bridgehead atoms. The monoisotopic (exact) mass is 277 g/mol. The summed E-state index contributed by atoms with van der Waals surface area (Å²) in [6, 6.07) is 0.0548. The lowest BCUT2D eigenvalue weighted by Crippen LogP contribution is -2.36. The minimum absolute atomic E-state index is 0.0548.